The maximum atomic E-state index is 5.82. The Kier molecular flexibility index (Phi) is 2.58. The van der Waals surface area contributed by atoms with Crippen LogP contribution in [0.4, 0.5) is 0 Å². The largest absolute Gasteiger partial charge is 0.347 e. The zero-order valence-corrected chi connectivity index (χ0v) is 8.51. The first-order chi connectivity index (χ1) is 6.29. The van der Waals surface area contributed by atoms with Crippen molar-refractivity contribution in [2.24, 2.45) is 11.8 Å². The molecule has 1 spiro atoms. The quantitative estimate of drug-likeness (QED) is 0.696. The molecule has 1 heterocycles. The predicted molar refractivity (Wildman–Crippen MR) is 50.4 cm³/mol. The molecule has 0 aromatic heterocycles. The summed E-state index contributed by atoms with van der Waals surface area (Å²) >= 11 is 0. The van der Waals surface area contributed by atoms with Gasteiger partial charge in [0, 0.05) is 18.4 Å². The van der Waals surface area contributed by atoms with Gasteiger partial charge in [-0.15, -0.1) is 0 Å². The highest BCUT2D eigenvalue weighted by Gasteiger charge is 2.52. The molecule has 0 aromatic rings. The van der Waals surface area contributed by atoms with E-state index in [0.29, 0.717) is 11.8 Å². The smallest absolute Gasteiger partial charge is 0.174 e. The number of ether oxygens (including phenoxy) is 2. The van der Waals surface area contributed by atoms with Gasteiger partial charge in [0.2, 0.25) is 0 Å². The normalized spacial score (nSPS) is 37.4. The van der Waals surface area contributed by atoms with Crippen molar-refractivity contribution in [1.82, 2.24) is 5.32 Å². The first-order valence-corrected chi connectivity index (χ1v) is 5.22. The lowest BCUT2D eigenvalue weighted by molar-refractivity contribution is -0.204. The average Bonchev–Trinajstić information content (AvgIpc) is 2.70. The second-order valence-electron chi connectivity index (χ2n) is 4.15. The minimum absolute atomic E-state index is 0.247. The summed E-state index contributed by atoms with van der Waals surface area (Å²) in [5.74, 6) is 0.839. The second-order valence-corrected chi connectivity index (χ2v) is 4.15. The van der Waals surface area contributed by atoms with E-state index in [-0.39, 0.29) is 5.79 Å². The fraction of sp³-hybridized carbons (Fsp3) is 1.00. The summed E-state index contributed by atoms with van der Waals surface area (Å²) < 4.78 is 11.6. The summed E-state index contributed by atoms with van der Waals surface area (Å²) in [5.41, 5.74) is 0. The van der Waals surface area contributed by atoms with Crippen LogP contribution in [0.3, 0.4) is 0 Å². The first-order valence-electron chi connectivity index (χ1n) is 5.22. The summed E-state index contributed by atoms with van der Waals surface area (Å²) in [6.45, 7) is 4.78. The summed E-state index contributed by atoms with van der Waals surface area (Å²) in [6, 6.07) is 0. The van der Waals surface area contributed by atoms with Crippen LogP contribution in [0.15, 0.2) is 0 Å². The highest BCUT2D eigenvalue weighted by atomic mass is 16.7. The van der Waals surface area contributed by atoms with Crippen molar-refractivity contribution >= 4 is 0 Å². The number of rotatable bonds is 2. The van der Waals surface area contributed by atoms with Crippen molar-refractivity contribution in [2.45, 2.75) is 25.6 Å². The highest BCUT2D eigenvalue weighted by Crippen LogP contribution is 2.45. The maximum Gasteiger partial charge on any atom is 0.174 e. The molecule has 3 nitrogen and oxygen atoms in total. The van der Waals surface area contributed by atoms with E-state index < -0.39 is 0 Å². The lowest BCUT2D eigenvalue weighted by atomic mass is 9.97. The number of hydrogen-bond acceptors (Lipinski definition) is 3. The zero-order chi connectivity index (χ0) is 9.31. The molecule has 1 aliphatic heterocycles. The molecule has 76 valence electrons. The van der Waals surface area contributed by atoms with Crippen LogP contribution in [-0.4, -0.2) is 32.6 Å². The Labute approximate surface area is 79.8 Å². The fourth-order valence-electron chi connectivity index (χ4n) is 2.71. The molecule has 3 heteroatoms. The van der Waals surface area contributed by atoms with Gasteiger partial charge in [-0.1, -0.05) is 6.92 Å². The van der Waals surface area contributed by atoms with Crippen molar-refractivity contribution in [2.75, 3.05) is 26.8 Å². The minimum atomic E-state index is -0.247. The summed E-state index contributed by atoms with van der Waals surface area (Å²) in [6.07, 6.45) is 2.45. The lowest BCUT2D eigenvalue weighted by Gasteiger charge is -2.33. The Balaban J connectivity index is 2.10. The van der Waals surface area contributed by atoms with E-state index in [1.165, 1.54) is 12.8 Å². The van der Waals surface area contributed by atoms with E-state index in [1.54, 1.807) is 0 Å². The molecule has 1 aliphatic carbocycles. The molecule has 0 bridgehead atoms. The highest BCUT2D eigenvalue weighted by molar-refractivity contribution is 4.94. The van der Waals surface area contributed by atoms with Crippen LogP contribution in [0.25, 0.3) is 0 Å². The van der Waals surface area contributed by atoms with Crippen molar-refractivity contribution in [3.8, 4) is 0 Å². The molecule has 1 saturated carbocycles. The summed E-state index contributed by atoms with van der Waals surface area (Å²) in [4.78, 5) is 0. The Bertz CT molecular complexity index is 176. The topological polar surface area (TPSA) is 30.5 Å². The van der Waals surface area contributed by atoms with E-state index in [4.69, 9.17) is 9.47 Å². The van der Waals surface area contributed by atoms with Crippen molar-refractivity contribution in [3.05, 3.63) is 0 Å². The van der Waals surface area contributed by atoms with E-state index >= 15 is 0 Å². The third-order valence-electron chi connectivity index (χ3n) is 3.39. The van der Waals surface area contributed by atoms with Crippen molar-refractivity contribution < 1.29 is 9.47 Å². The molecular weight excluding hydrogens is 166 g/mol. The zero-order valence-electron chi connectivity index (χ0n) is 8.51. The van der Waals surface area contributed by atoms with Gasteiger partial charge in [-0.2, -0.15) is 0 Å². The van der Waals surface area contributed by atoms with Gasteiger partial charge in [-0.05, 0) is 19.9 Å². The van der Waals surface area contributed by atoms with Crippen LogP contribution >= 0.6 is 0 Å². The monoisotopic (exact) mass is 185 g/mol. The Hall–Kier alpha value is -0.120. The van der Waals surface area contributed by atoms with Crippen LogP contribution < -0.4 is 5.32 Å². The molecule has 2 atom stereocenters. The summed E-state index contributed by atoms with van der Waals surface area (Å²) in [5, 5.41) is 3.22. The van der Waals surface area contributed by atoms with Gasteiger partial charge in [-0.25, -0.2) is 0 Å². The molecule has 0 aromatic carbocycles. The SMILES string of the molecule is CNCC1CCC(C)C12OCCO2. The molecule has 13 heavy (non-hydrogen) atoms. The number of hydrogen-bond donors (Lipinski definition) is 1. The minimum Gasteiger partial charge on any atom is -0.347 e. The lowest BCUT2D eigenvalue weighted by Crippen LogP contribution is -2.43. The van der Waals surface area contributed by atoms with Crippen LogP contribution in [-0.2, 0) is 9.47 Å². The molecule has 2 aliphatic rings. The molecular formula is C10H19NO2. The molecule has 0 amide bonds. The Morgan fingerprint density at radius 1 is 1.31 bits per heavy atom. The fourth-order valence-corrected chi connectivity index (χ4v) is 2.71. The predicted octanol–water partition coefficient (Wildman–Crippen LogP) is 0.995. The van der Waals surface area contributed by atoms with Gasteiger partial charge in [0.05, 0.1) is 13.2 Å². The van der Waals surface area contributed by atoms with Crippen LogP contribution in [0.2, 0.25) is 0 Å². The Morgan fingerprint density at radius 3 is 2.62 bits per heavy atom. The van der Waals surface area contributed by atoms with Crippen molar-refractivity contribution in [1.29, 1.82) is 0 Å². The van der Waals surface area contributed by atoms with E-state index in [0.717, 1.165) is 19.8 Å². The van der Waals surface area contributed by atoms with Crippen LogP contribution in [0.5, 0.6) is 0 Å². The maximum absolute atomic E-state index is 5.82. The molecule has 1 N–H and O–H groups in total. The van der Waals surface area contributed by atoms with Crippen molar-refractivity contribution in [3.63, 3.8) is 0 Å². The van der Waals surface area contributed by atoms with Gasteiger partial charge >= 0.3 is 0 Å². The molecule has 1 saturated heterocycles. The standard InChI is InChI=1S/C10H19NO2/c1-8-3-4-9(7-11-2)10(8)12-5-6-13-10/h8-9,11H,3-7H2,1-2H3. The van der Waals surface area contributed by atoms with Crippen LogP contribution in [0.1, 0.15) is 19.8 Å². The van der Waals surface area contributed by atoms with Gasteiger partial charge in [0.1, 0.15) is 0 Å². The van der Waals surface area contributed by atoms with Gasteiger partial charge in [-0.3, -0.25) is 0 Å². The average molecular weight is 185 g/mol. The third-order valence-corrected chi connectivity index (χ3v) is 3.39. The molecule has 2 rings (SSSR count). The number of nitrogens with one attached hydrogen (secondary N) is 1. The van der Waals surface area contributed by atoms with E-state index in [1.807, 2.05) is 7.05 Å². The molecule has 2 unspecified atom stereocenters. The molecule has 2 fully saturated rings. The third kappa shape index (κ3) is 1.39. The summed E-state index contributed by atoms with van der Waals surface area (Å²) in [7, 11) is 1.99. The first kappa shape index (κ1) is 9.44. The van der Waals surface area contributed by atoms with E-state index in [2.05, 4.69) is 12.2 Å². The Morgan fingerprint density at radius 2 is 2.00 bits per heavy atom. The van der Waals surface area contributed by atoms with E-state index in [9.17, 15) is 0 Å². The second kappa shape index (κ2) is 3.56. The molecule has 0 radical (unpaired) electrons. The van der Waals surface area contributed by atoms with Gasteiger partial charge < -0.3 is 14.8 Å². The van der Waals surface area contributed by atoms with Crippen LogP contribution in [0, 0.1) is 11.8 Å². The van der Waals surface area contributed by atoms with Gasteiger partial charge in [0.25, 0.3) is 0 Å². The van der Waals surface area contributed by atoms with Gasteiger partial charge in [0.15, 0.2) is 5.79 Å².